The molecule has 3 aliphatic heterocycles. The average Bonchev–Trinajstić information content (AvgIpc) is 1.67. The molecule has 5 nitrogen and oxygen atoms in total. The van der Waals surface area contributed by atoms with Crippen LogP contribution in [0.4, 0.5) is 34.1 Å². The van der Waals surface area contributed by atoms with Gasteiger partial charge in [0.25, 0.3) is 6.71 Å². The summed E-state index contributed by atoms with van der Waals surface area (Å²) in [7, 11) is 0. The lowest BCUT2D eigenvalue weighted by Gasteiger charge is -2.45. The van der Waals surface area contributed by atoms with Crippen LogP contribution in [-0.4, -0.2) is 15.8 Å². The minimum atomic E-state index is -0.665. The van der Waals surface area contributed by atoms with Crippen molar-refractivity contribution in [2.24, 2.45) is 0 Å². The second kappa shape index (κ2) is 18.9. The van der Waals surface area contributed by atoms with Crippen LogP contribution in [-0.2, 0) is 21.7 Å². The first kappa shape index (κ1) is 53.7. The Hall–Kier alpha value is -10.3. The standard InChI is InChI=1S/C85H69BN4O/c1-82(2,3)52-34-39-55(40-35-52)87-75-44-38-54(84(7,8)9)46-69(75)86-70-51-68-63(59-22-10-14-26-65(59)85(68)66-27-15-20-32-79(66)91-80-33-21-16-28-67(80)85)50-76(70)88(56-41-36-53(37-42-56)83(4,5)6)78-49-58(48-77(87)81(78)86)90-73-31-19-13-25-62(73)64-47-57(43-45-74(64)90)89-71-29-17-11-23-60(71)61-24-12-18-30-72(61)89/h10-51H,1-9H3. The molecule has 0 unspecified atom stereocenters. The summed E-state index contributed by atoms with van der Waals surface area (Å²) in [5.74, 6) is 1.78. The minimum absolute atomic E-state index is 0.0302. The molecule has 438 valence electrons. The second-order valence-corrected chi connectivity index (χ2v) is 28.9. The third-order valence-corrected chi connectivity index (χ3v) is 20.6. The highest BCUT2D eigenvalue weighted by Gasteiger charge is 2.53. The van der Waals surface area contributed by atoms with Crippen LogP contribution in [0.2, 0.25) is 0 Å². The van der Waals surface area contributed by atoms with Gasteiger partial charge in [-0.15, -0.1) is 0 Å². The summed E-state index contributed by atoms with van der Waals surface area (Å²) in [5, 5.41) is 4.91. The first-order chi connectivity index (χ1) is 44.0. The van der Waals surface area contributed by atoms with E-state index in [4.69, 9.17) is 4.74 Å². The van der Waals surface area contributed by atoms with Gasteiger partial charge < -0.3 is 23.7 Å². The molecular formula is C85H69BN4O. The number of hydrogen-bond donors (Lipinski definition) is 0. The first-order valence-corrected chi connectivity index (χ1v) is 32.3. The molecule has 5 heterocycles. The van der Waals surface area contributed by atoms with Gasteiger partial charge in [0.2, 0.25) is 0 Å². The van der Waals surface area contributed by atoms with E-state index in [1.54, 1.807) is 0 Å². The van der Waals surface area contributed by atoms with Gasteiger partial charge in [-0.3, -0.25) is 0 Å². The third kappa shape index (κ3) is 7.60. The van der Waals surface area contributed by atoms with E-state index < -0.39 is 5.41 Å². The molecule has 0 amide bonds. The van der Waals surface area contributed by atoms with Crippen LogP contribution in [0, 0.1) is 0 Å². The topological polar surface area (TPSA) is 25.6 Å². The zero-order chi connectivity index (χ0) is 61.6. The van der Waals surface area contributed by atoms with Crippen molar-refractivity contribution in [3.63, 3.8) is 0 Å². The van der Waals surface area contributed by atoms with E-state index in [1.807, 2.05) is 0 Å². The van der Waals surface area contributed by atoms with E-state index in [0.29, 0.717) is 0 Å². The number of anilines is 6. The highest BCUT2D eigenvalue weighted by Crippen LogP contribution is 2.63. The number of fused-ring (bicyclic) bond motifs is 19. The lowest BCUT2D eigenvalue weighted by atomic mass is 9.33. The molecule has 0 fully saturated rings. The number of aromatic nitrogens is 2. The van der Waals surface area contributed by atoms with Gasteiger partial charge in [0.15, 0.2) is 0 Å². The van der Waals surface area contributed by atoms with Crippen molar-refractivity contribution < 1.29 is 4.74 Å². The number of ether oxygens (including phenoxy) is 1. The van der Waals surface area contributed by atoms with Gasteiger partial charge in [-0.1, -0.05) is 220 Å². The van der Waals surface area contributed by atoms with Crippen LogP contribution < -0.4 is 30.9 Å². The van der Waals surface area contributed by atoms with E-state index in [-0.39, 0.29) is 23.0 Å². The number of rotatable bonds is 4. The Labute approximate surface area is 533 Å². The molecule has 2 aromatic heterocycles. The Morgan fingerprint density at radius 3 is 1.31 bits per heavy atom. The van der Waals surface area contributed by atoms with E-state index in [1.165, 1.54) is 99.3 Å². The van der Waals surface area contributed by atoms with Crippen LogP contribution in [0.1, 0.15) is 101 Å². The van der Waals surface area contributed by atoms with Gasteiger partial charge in [-0.2, -0.15) is 0 Å². The molecule has 4 aliphatic rings. The fourth-order valence-electron chi connectivity index (χ4n) is 16.3. The van der Waals surface area contributed by atoms with Crippen LogP contribution in [0.25, 0.3) is 66.1 Å². The molecule has 0 atom stereocenters. The summed E-state index contributed by atoms with van der Waals surface area (Å²) in [6.45, 7) is 20.8. The lowest BCUT2D eigenvalue weighted by Crippen LogP contribution is -2.61. The van der Waals surface area contributed by atoms with Gasteiger partial charge in [0.1, 0.15) is 11.5 Å². The van der Waals surface area contributed by atoms with Crippen LogP contribution in [0.3, 0.4) is 0 Å². The molecule has 0 bridgehead atoms. The Balaban J connectivity index is 0.971. The number of benzene rings is 12. The van der Waals surface area contributed by atoms with E-state index in [2.05, 4.69) is 336 Å². The van der Waals surface area contributed by atoms with Crippen LogP contribution in [0.15, 0.2) is 255 Å². The Morgan fingerprint density at radius 2 is 0.747 bits per heavy atom. The zero-order valence-corrected chi connectivity index (χ0v) is 53.0. The molecule has 14 aromatic rings. The van der Waals surface area contributed by atoms with E-state index in [9.17, 15) is 0 Å². The van der Waals surface area contributed by atoms with Gasteiger partial charge >= 0.3 is 0 Å². The molecule has 18 rings (SSSR count). The van der Waals surface area contributed by atoms with Crippen molar-refractivity contribution in [1.29, 1.82) is 0 Å². The van der Waals surface area contributed by atoms with E-state index in [0.717, 1.165) is 67.8 Å². The second-order valence-electron chi connectivity index (χ2n) is 28.9. The third-order valence-electron chi connectivity index (χ3n) is 20.6. The number of hydrogen-bond acceptors (Lipinski definition) is 3. The highest BCUT2D eigenvalue weighted by molar-refractivity contribution is 7.00. The molecule has 1 aliphatic carbocycles. The van der Waals surface area contributed by atoms with Crippen molar-refractivity contribution in [3.05, 3.63) is 294 Å². The zero-order valence-electron chi connectivity index (χ0n) is 53.0. The molecule has 6 heteroatoms. The fourth-order valence-corrected chi connectivity index (χ4v) is 16.3. The average molecular weight is 1170 g/mol. The molecule has 1 spiro atoms. The molecule has 0 saturated heterocycles. The molecule has 91 heavy (non-hydrogen) atoms. The maximum absolute atomic E-state index is 6.93. The molecule has 0 saturated carbocycles. The van der Waals surface area contributed by atoms with Crippen molar-refractivity contribution in [2.75, 3.05) is 9.80 Å². The molecular weight excluding hydrogens is 1100 g/mol. The highest BCUT2D eigenvalue weighted by atomic mass is 16.5. The summed E-state index contributed by atoms with van der Waals surface area (Å²) >= 11 is 0. The smallest absolute Gasteiger partial charge is 0.252 e. The molecule has 12 aromatic carbocycles. The number of para-hydroxylation sites is 5. The summed E-state index contributed by atoms with van der Waals surface area (Å²) in [4.78, 5) is 5.23. The van der Waals surface area contributed by atoms with Crippen molar-refractivity contribution in [2.45, 2.75) is 84.0 Å². The molecule has 0 radical (unpaired) electrons. The van der Waals surface area contributed by atoms with Gasteiger partial charge in [0.05, 0.1) is 33.2 Å². The van der Waals surface area contributed by atoms with Gasteiger partial charge in [-0.05, 0) is 169 Å². The predicted molar refractivity (Wildman–Crippen MR) is 383 cm³/mol. The summed E-state index contributed by atoms with van der Waals surface area (Å²) in [6.07, 6.45) is 0. The Morgan fingerprint density at radius 1 is 0.308 bits per heavy atom. The predicted octanol–water partition coefficient (Wildman–Crippen LogP) is 20.3. The van der Waals surface area contributed by atoms with Gasteiger partial charge in [0, 0.05) is 72.5 Å². The monoisotopic (exact) mass is 1170 g/mol. The quantitative estimate of drug-likeness (QED) is 0.164. The normalized spacial score (nSPS) is 14.3. The lowest BCUT2D eigenvalue weighted by molar-refractivity contribution is 0.436. The molecule has 0 N–H and O–H groups in total. The maximum Gasteiger partial charge on any atom is 0.252 e. The minimum Gasteiger partial charge on any atom is -0.457 e. The SMILES string of the molecule is CC(C)(C)c1ccc(N2c3ccc(C(C)(C)C)cc3B3c4cc5c(cc4N(c4ccc(C(C)(C)C)cc4)c4cc(-n6c7ccccc7c7cc(-n8c9ccccc9c9ccccc98)ccc76)cc2c43)-c2ccccc2C52c3ccccc3Oc3ccccc32)cc1. The number of nitrogens with zero attached hydrogens (tertiary/aromatic N) is 4. The fraction of sp³-hybridized carbons (Fsp3) is 0.153. The summed E-state index contributed by atoms with van der Waals surface area (Å²) in [6, 6.07) is 97.1. The van der Waals surface area contributed by atoms with Crippen molar-refractivity contribution in [1.82, 2.24) is 9.13 Å². The van der Waals surface area contributed by atoms with Crippen molar-refractivity contribution >= 4 is 101 Å². The van der Waals surface area contributed by atoms with Crippen LogP contribution >= 0.6 is 0 Å². The Kier molecular flexibility index (Phi) is 11.1. The maximum atomic E-state index is 6.93. The largest absolute Gasteiger partial charge is 0.457 e. The Bertz CT molecular complexity index is 5310. The van der Waals surface area contributed by atoms with Gasteiger partial charge in [-0.25, -0.2) is 0 Å². The van der Waals surface area contributed by atoms with E-state index >= 15 is 0 Å². The van der Waals surface area contributed by atoms with Crippen molar-refractivity contribution in [3.8, 4) is 34.0 Å². The summed E-state index contributed by atoms with van der Waals surface area (Å²) < 4.78 is 11.9. The first-order valence-electron chi connectivity index (χ1n) is 32.3. The van der Waals surface area contributed by atoms with Crippen LogP contribution in [0.5, 0.6) is 11.5 Å². The summed E-state index contributed by atoms with van der Waals surface area (Å²) in [5.41, 5.74) is 28.1.